The molecule has 3 N–H and O–H groups in total. The van der Waals surface area contributed by atoms with Crippen molar-refractivity contribution in [1.82, 2.24) is 9.62 Å². The minimum atomic E-state index is -5.19. The molecule has 2 heterocycles. The quantitative estimate of drug-likeness (QED) is 0.0619. The minimum absolute atomic E-state index is 0.0246. The van der Waals surface area contributed by atoms with Gasteiger partial charge in [-0.3, -0.25) is 9.69 Å². The predicted octanol–water partition coefficient (Wildman–Crippen LogP) is 9.24. The number of piperidine rings is 1. The Bertz CT molecular complexity index is 2390. The Morgan fingerprint density at radius 3 is 2.26 bits per heavy atom. The van der Waals surface area contributed by atoms with Crippen LogP contribution in [-0.4, -0.2) is 85.0 Å². The molecule has 328 valence electrons. The number of benzene rings is 5. The molecular weight excluding hydrogens is 877 g/mol. The molecule has 0 bridgehead atoms. The molecule has 0 aromatic heterocycles. The van der Waals surface area contributed by atoms with E-state index in [2.05, 4.69) is 33.3 Å². The number of amides is 1. The van der Waals surface area contributed by atoms with Gasteiger partial charge in [0.25, 0.3) is 15.9 Å². The van der Waals surface area contributed by atoms with Gasteiger partial charge in [0.15, 0.2) is 4.90 Å². The number of rotatable bonds is 17. The van der Waals surface area contributed by atoms with E-state index in [1.165, 1.54) is 41.1 Å². The third-order valence-electron chi connectivity index (χ3n) is 11.5. The number of β-amino-alcohol motifs (C(OH)–C–C–N with tert-alkyl or cyclic N) is 1. The highest BCUT2D eigenvalue weighted by Crippen LogP contribution is 2.38. The first-order valence-electron chi connectivity index (χ1n) is 20.5. The topological polar surface area (TPSA) is 125 Å². The normalized spacial score (nSPS) is 17.3. The van der Waals surface area contributed by atoms with Crippen LogP contribution in [-0.2, 0) is 27.6 Å². The predicted molar refractivity (Wildman–Crippen MR) is 242 cm³/mol. The highest BCUT2D eigenvalue weighted by Gasteiger charge is 2.48. The lowest BCUT2D eigenvalue weighted by molar-refractivity contribution is -0.0435. The third-order valence-corrected chi connectivity index (χ3v) is 15.4. The first-order valence-corrected chi connectivity index (χ1v) is 24.4. The largest absolute Gasteiger partial charge is 0.604 e. The maximum Gasteiger partial charge on any atom is 0.578 e. The van der Waals surface area contributed by atoms with Crippen LogP contribution in [0.25, 0.3) is 11.1 Å². The van der Waals surface area contributed by atoms with Crippen LogP contribution in [0.1, 0.15) is 41.6 Å². The van der Waals surface area contributed by atoms with E-state index in [1.54, 1.807) is 12.1 Å². The molecule has 0 radical (unpaired) electrons. The molecule has 5 aromatic carbocycles. The maximum atomic E-state index is 14.1. The van der Waals surface area contributed by atoms with Crippen molar-refractivity contribution < 1.29 is 36.0 Å². The van der Waals surface area contributed by atoms with Crippen LogP contribution in [0, 0.1) is 5.92 Å². The van der Waals surface area contributed by atoms with Crippen LogP contribution in [0.3, 0.4) is 0 Å². The standard InChI is InChI=1S/C46H48ClF3N4O5S3/c47-36-14-10-33(11-15-36)42-9-5-4-6-35(42)28-32-20-23-53(24-21-32)38-16-12-34(13-17-38)45(56)52-62(58,59)41-18-19-43(44(30-41)61(57)46(48,49)50)51-37(29-39-22-25-54(39)26-27-55)31-60-40-7-2-1-3-8-40/h1-19,30,32,37,39,51,55H,20-29,31H2,(H,52,56)/t37-,39?,61?/m1/s1. The highest BCUT2D eigenvalue weighted by molar-refractivity contribution is 7.99. The van der Waals surface area contributed by atoms with Crippen LogP contribution in [0.15, 0.2) is 136 Å². The molecule has 0 spiro atoms. The fourth-order valence-corrected chi connectivity index (χ4v) is 11.0. The minimum Gasteiger partial charge on any atom is -0.604 e. The van der Waals surface area contributed by atoms with Gasteiger partial charge in [0.05, 0.1) is 17.2 Å². The molecule has 1 amide bonds. The van der Waals surface area contributed by atoms with Crippen LogP contribution in [0.4, 0.5) is 24.5 Å². The smallest absolute Gasteiger partial charge is 0.578 e. The fraction of sp³-hybridized carbons (Fsp3) is 0.326. The molecule has 5 aromatic rings. The van der Waals surface area contributed by atoms with Gasteiger partial charge < -0.3 is 19.9 Å². The number of sulfonamides is 1. The van der Waals surface area contributed by atoms with E-state index < -0.39 is 48.4 Å². The summed E-state index contributed by atoms with van der Waals surface area (Å²) in [5.41, 5.74) is -0.790. The molecule has 3 atom stereocenters. The van der Waals surface area contributed by atoms with Crippen LogP contribution in [0.2, 0.25) is 5.02 Å². The summed E-state index contributed by atoms with van der Waals surface area (Å²) in [5, 5.41) is 13.3. The molecule has 7 rings (SSSR count). The molecule has 16 heteroatoms. The van der Waals surface area contributed by atoms with E-state index >= 15 is 0 Å². The number of aliphatic hydroxyl groups excluding tert-OH is 1. The number of thioether (sulfide) groups is 1. The van der Waals surface area contributed by atoms with E-state index in [4.69, 9.17) is 11.6 Å². The van der Waals surface area contributed by atoms with Crippen LogP contribution >= 0.6 is 23.4 Å². The van der Waals surface area contributed by atoms with Gasteiger partial charge in [0.2, 0.25) is 0 Å². The molecule has 2 saturated heterocycles. The number of hydrogen-bond acceptors (Lipinski definition) is 9. The number of hydrogen-bond donors (Lipinski definition) is 3. The Morgan fingerprint density at radius 1 is 0.903 bits per heavy atom. The lowest BCUT2D eigenvalue weighted by Crippen LogP contribution is -2.51. The van der Waals surface area contributed by atoms with E-state index in [9.17, 15) is 36.0 Å². The number of nitrogens with zero attached hydrogens (tertiary/aromatic N) is 2. The monoisotopic (exact) mass is 924 g/mol. The highest BCUT2D eigenvalue weighted by atomic mass is 35.5. The second kappa shape index (κ2) is 20.5. The second-order valence-corrected chi connectivity index (χ2v) is 20.2. The lowest BCUT2D eigenvalue weighted by atomic mass is 9.87. The van der Waals surface area contributed by atoms with E-state index in [1.807, 2.05) is 65.4 Å². The Kier molecular flexibility index (Phi) is 15.2. The lowest BCUT2D eigenvalue weighted by Gasteiger charge is -2.42. The maximum absolute atomic E-state index is 14.1. The Labute approximate surface area is 373 Å². The van der Waals surface area contributed by atoms with Gasteiger partial charge in [-0.15, -0.1) is 24.9 Å². The van der Waals surface area contributed by atoms with Crippen molar-refractivity contribution in [1.29, 1.82) is 0 Å². The third kappa shape index (κ3) is 11.7. The van der Waals surface area contributed by atoms with Gasteiger partial charge in [0.1, 0.15) is 11.2 Å². The molecular formula is C46H48ClF3N4O5S3. The van der Waals surface area contributed by atoms with Gasteiger partial charge in [-0.2, -0.15) is 0 Å². The van der Waals surface area contributed by atoms with Crippen molar-refractivity contribution in [2.45, 2.75) is 64.4 Å². The van der Waals surface area contributed by atoms with E-state index in [-0.39, 0.29) is 23.9 Å². The van der Waals surface area contributed by atoms with Crippen molar-refractivity contribution in [3.05, 3.63) is 137 Å². The van der Waals surface area contributed by atoms with Crippen LogP contribution in [0.5, 0.6) is 0 Å². The summed E-state index contributed by atoms with van der Waals surface area (Å²) >= 11 is 4.02. The zero-order valence-electron chi connectivity index (χ0n) is 33.8. The summed E-state index contributed by atoms with van der Waals surface area (Å²) in [6.07, 6.45) is 4.22. The van der Waals surface area contributed by atoms with Gasteiger partial charge in [-0.25, -0.2) is 13.1 Å². The number of carbonyl (C=O) groups excluding carboxylic acids is 1. The molecule has 2 fully saturated rings. The van der Waals surface area contributed by atoms with E-state index in [0.717, 1.165) is 67.5 Å². The number of likely N-dealkylation sites (tertiary alicyclic amines) is 1. The number of aliphatic hydroxyl groups is 1. The molecule has 2 aliphatic rings. The molecule has 0 aliphatic carbocycles. The number of anilines is 2. The second-order valence-electron chi connectivity index (χ2n) is 15.6. The first-order chi connectivity index (χ1) is 29.8. The van der Waals surface area contributed by atoms with Crippen molar-refractivity contribution >= 4 is 61.8 Å². The summed E-state index contributed by atoms with van der Waals surface area (Å²) < 4.78 is 84.2. The number of alkyl halides is 3. The van der Waals surface area contributed by atoms with Gasteiger partial charge in [-0.1, -0.05) is 66.2 Å². The Balaban J connectivity index is 1.00. The number of halogens is 4. The number of nitrogens with one attached hydrogen (secondary N) is 2. The fourth-order valence-electron chi connectivity index (χ4n) is 8.06. The van der Waals surface area contributed by atoms with Crippen LogP contribution < -0.4 is 14.9 Å². The average Bonchev–Trinajstić information content (AvgIpc) is 3.26. The van der Waals surface area contributed by atoms with Crippen molar-refractivity contribution in [2.75, 3.05) is 48.8 Å². The Hall–Kier alpha value is -4.22. The first kappa shape index (κ1) is 45.8. The summed E-state index contributed by atoms with van der Waals surface area (Å²) in [6, 6.07) is 34.9. The summed E-state index contributed by atoms with van der Waals surface area (Å²) in [7, 11) is -4.69. The number of carbonyl (C=O) groups is 1. The van der Waals surface area contributed by atoms with E-state index in [0.29, 0.717) is 35.7 Å². The molecule has 2 unspecified atom stereocenters. The SMILES string of the molecule is O=C(NS(=O)(=O)c1ccc(N[C@@H](CSc2ccccc2)CC2CCN2CCO)c([S+]([O-])C(F)(F)F)c1)c1ccc(N2CCC(Cc3ccccc3-c3ccc(Cl)cc3)CC2)cc1. The molecule has 2 aliphatic heterocycles. The molecule has 9 nitrogen and oxygen atoms in total. The average molecular weight is 926 g/mol. The molecule has 0 saturated carbocycles. The summed E-state index contributed by atoms with van der Waals surface area (Å²) in [4.78, 5) is 17.2. The van der Waals surface area contributed by atoms with Gasteiger partial charge in [0, 0.05) is 71.3 Å². The molecule has 62 heavy (non-hydrogen) atoms. The Morgan fingerprint density at radius 2 is 1.60 bits per heavy atom. The zero-order chi connectivity index (χ0) is 43.9. The zero-order valence-corrected chi connectivity index (χ0v) is 37.0. The summed E-state index contributed by atoms with van der Waals surface area (Å²) in [5.74, 6) is -0.0366. The van der Waals surface area contributed by atoms with Crippen molar-refractivity contribution in [3.8, 4) is 11.1 Å². The van der Waals surface area contributed by atoms with Crippen molar-refractivity contribution in [3.63, 3.8) is 0 Å². The van der Waals surface area contributed by atoms with Gasteiger partial charge >= 0.3 is 5.51 Å². The van der Waals surface area contributed by atoms with Crippen molar-refractivity contribution in [2.24, 2.45) is 5.92 Å². The summed E-state index contributed by atoms with van der Waals surface area (Å²) in [6.45, 7) is 2.84. The van der Waals surface area contributed by atoms with Gasteiger partial charge in [-0.05, 0) is 115 Å².